The molecule has 0 saturated carbocycles. The standard InChI is InChI=1S/C29H30FN3O3/c1-19-16-25(34)22(18-32-12-14-33(15-13-32)24-7-5-4-6-23(24)30)29-27(19)28(35)26(36-29)17-20-8-10-21(11-9-20)31(2)3/h4-11,16-17,34H,12-15,18H2,1-3H3/b26-17+. The Hall–Kier alpha value is -3.84. The topological polar surface area (TPSA) is 56.2 Å². The number of allylic oxidation sites excluding steroid dienone is 1. The maximum atomic E-state index is 14.2. The van der Waals surface area contributed by atoms with Gasteiger partial charge in [0.2, 0.25) is 5.78 Å². The third kappa shape index (κ3) is 4.54. The van der Waals surface area contributed by atoms with E-state index in [1.807, 2.05) is 61.2 Å². The van der Waals surface area contributed by atoms with Gasteiger partial charge in [0.15, 0.2) is 5.76 Å². The lowest BCUT2D eigenvalue weighted by Gasteiger charge is -2.36. The summed E-state index contributed by atoms with van der Waals surface area (Å²) in [5, 5.41) is 10.8. The second-order valence-electron chi connectivity index (χ2n) is 9.54. The number of piperazine rings is 1. The Morgan fingerprint density at radius 2 is 1.75 bits per heavy atom. The first kappa shape index (κ1) is 23.9. The van der Waals surface area contributed by atoms with Crippen LogP contribution < -0.4 is 14.5 Å². The third-order valence-corrected chi connectivity index (χ3v) is 6.88. The Labute approximate surface area is 210 Å². The second-order valence-corrected chi connectivity index (χ2v) is 9.54. The number of benzene rings is 3. The molecule has 0 radical (unpaired) electrons. The van der Waals surface area contributed by atoms with Crippen LogP contribution in [0, 0.1) is 12.7 Å². The molecule has 0 atom stereocenters. The zero-order chi connectivity index (χ0) is 25.4. The smallest absolute Gasteiger partial charge is 0.232 e. The van der Waals surface area contributed by atoms with Crippen LogP contribution in [0.2, 0.25) is 0 Å². The van der Waals surface area contributed by atoms with E-state index in [0.29, 0.717) is 60.9 Å². The van der Waals surface area contributed by atoms with Crippen LogP contribution >= 0.6 is 0 Å². The molecular weight excluding hydrogens is 457 g/mol. The minimum absolute atomic E-state index is 0.118. The van der Waals surface area contributed by atoms with Gasteiger partial charge in [0.05, 0.1) is 16.8 Å². The summed E-state index contributed by atoms with van der Waals surface area (Å²) in [4.78, 5) is 19.5. The van der Waals surface area contributed by atoms with Crippen LogP contribution in [-0.2, 0) is 6.54 Å². The van der Waals surface area contributed by atoms with Crippen LogP contribution in [0.15, 0.2) is 60.4 Å². The predicted octanol–water partition coefficient (Wildman–Crippen LogP) is 4.84. The molecule has 3 aromatic carbocycles. The van der Waals surface area contributed by atoms with Gasteiger partial charge in [0.1, 0.15) is 17.3 Å². The number of carbonyl (C=O) groups excluding carboxylic acids is 1. The number of para-hydroxylation sites is 1. The van der Waals surface area contributed by atoms with Crippen LogP contribution in [0.1, 0.15) is 27.0 Å². The number of carbonyl (C=O) groups is 1. The van der Waals surface area contributed by atoms with E-state index in [2.05, 4.69) is 4.90 Å². The molecule has 0 unspecified atom stereocenters. The molecular formula is C29H30FN3O3. The first-order valence-electron chi connectivity index (χ1n) is 12.1. The zero-order valence-corrected chi connectivity index (χ0v) is 20.8. The first-order valence-corrected chi connectivity index (χ1v) is 12.1. The Kier molecular flexibility index (Phi) is 6.41. The summed E-state index contributed by atoms with van der Waals surface area (Å²) in [5.74, 6) is 0.409. The van der Waals surface area contributed by atoms with E-state index < -0.39 is 0 Å². The van der Waals surface area contributed by atoms with E-state index in [4.69, 9.17) is 4.74 Å². The number of ketones is 1. The molecule has 186 valence electrons. The highest BCUT2D eigenvalue weighted by atomic mass is 19.1. The molecule has 5 rings (SSSR count). The van der Waals surface area contributed by atoms with Crippen molar-refractivity contribution >= 4 is 23.2 Å². The van der Waals surface area contributed by atoms with Crippen molar-refractivity contribution in [2.75, 3.05) is 50.1 Å². The Balaban J connectivity index is 1.35. The van der Waals surface area contributed by atoms with Crippen molar-refractivity contribution in [1.82, 2.24) is 4.90 Å². The summed E-state index contributed by atoms with van der Waals surface area (Å²) < 4.78 is 20.3. The van der Waals surface area contributed by atoms with Crippen LogP contribution in [0.4, 0.5) is 15.8 Å². The summed E-state index contributed by atoms with van der Waals surface area (Å²) in [5.41, 5.74) is 4.34. The molecule has 7 heteroatoms. The number of phenolic OH excluding ortho intramolecular Hbond substituents is 1. The van der Waals surface area contributed by atoms with Gasteiger partial charge in [-0.1, -0.05) is 24.3 Å². The number of anilines is 2. The zero-order valence-electron chi connectivity index (χ0n) is 20.8. The molecule has 2 aliphatic rings. The van der Waals surface area contributed by atoms with Crippen molar-refractivity contribution in [1.29, 1.82) is 0 Å². The summed E-state index contributed by atoms with van der Waals surface area (Å²) in [6.45, 7) is 4.99. The highest BCUT2D eigenvalue weighted by Gasteiger charge is 2.34. The molecule has 0 amide bonds. The van der Waals surface area contributed by atoms with Crippen LogP contribution in [-0.4, -0.2) is 56.1 Å². The number of Topliss-reactive ketones (excluding diaryl/α,β-unsaturated/α-hetero) is 1. The number of fused-ring (bicyclic) bond motifs is 1. The third-order valence-electron chi connectivity index (χ3n) is 6.88. The molecule has 2 heterocycles. The normalized spacial score (nSPS) is 16.8. The van der Waals surface area contributed by atoms with E-state index in [-0.39, 0.29) is 23.1 Å². The molecule has 6 nitrogen and oxygen atoms in total. The molecule has 1 fully saturated rings. The van der Waals surface area contributed by atoms with Crippen LogP contribution in [0.25, 0.3) is 6.08 Å². The number of aromatic hydroxyl groups is 1. The minimum atomic E-state index is -0.220. The minimum Gasteiger partial charge on any atom is -0.507 e. The van der Waals surface area contributed by atoms with Crippen molar-refractivity contribution < 1.29 is 19.0 Å². The van der Waals surface area contributed by atoms with Crippen LogP contribution in [0.3, 0.4) is 0 Å². The number of aryl methyl sites for hydroxylation is 1. The second kappa shape index (κ2) is 9.66. The molecule has 0 spiro atoms. The van der Waals surface area contributed by atoms with E-state index in [1.165, 1.54) is 6.07 Å². The lowest BCUT2D eigenvalue weighted by molar-refractivity contribution is 0.101. The fourth-order valence-corrected chi connectivity index (χ4v) is 4.83. The number of hydrogen-bond donors (Lipinski definition) is 1. The molecule has 0 bridgehead atoms. The van der Waals surface area contributed by atoms with Crippen molar-refractivity contribution in [2.24, 2.45) is 0 Å². The molecule has 1 saturated heterocycles. The van der Waals surface area contributed by atoms with Gasteiger partial charge in [0.25, 0.3) is 0 Å². The maximum Gasteiger partial charge on any atom is 0.232 e. The number of nitrogens with zero attached hydrogens (tertiary/aromatic N) is 3. The number of ether oxygens (including phenoxy) is 1. The number of phenols is 1. The van der Waals surface area contributed by atoms with Crippen LogP contribution in [0.5, 0.6) is 11.5 Å². The Morgan fingerprint density at radius 1 is 1.06 bits per heavy atom. The molecule has 2 aliphatic heterocycles. The predicted molar refractivity (Wildman–Crippen MR) is 140 cm³/mol. The van der Waals surface area contributed by atoms with Crippen molar-refractivity contribution in [3.63, 3.8) is 0 Å². The maximum absolute atomic E-state index is 14.2. The van der Waals surface area contributed by atoms with E-state index in [9.17, 15) is 14.3 Å². The SMILES string of the molecule is Cc1cc(O)c(CN2CCN(c3ccccc3F)CC2)c2c1C(=O)/C(=C\c1ccc(N(C)C)cc1)O2. The summed E-state index contributed by atoms with van der Waals surface area (Å²) in [6.07, 6.45) is 1.75. The number of hydrogen-bond acceptors (Lipinski definition) is 6. The quantitative estimate of drug-likeness (QED) is 0.520. The number of rotatable bonds is 5. The largest absolute Gasteiger partial charge is 0.507 e. The van der Waals surface area contributed by atoms with E-state index >= 15 is 0 Å². The molecule has 0 aliphatic carbocycles. The monoisotopic (exact) mass is 487 g/mol. The van der Waals surface area contributed by atoms with Gasteiger partial charge < -0.3 is 19.6 Å². The van der Waals surface area contributed by atoms with Gasteiger partial charge in [-0.15, -0.1) is 0 Å². The lowest BCUT2D eigenvalue weighted by atomic mass is 9.99. The molecule has 3 aromatic rings. The van der Waals surface area contributed by atoms with Crippen molar-refractivity contribution in [2.45, 2.75) is 13.5 Å². The van der Waals surface area contributed by atoms with Crippen molar-refractivity contribution in [3.8, 4) is 11.5 Å². The fourth-order valence-electron chi connectivity index (χ4n) is 4.83. The Bertz CT molecular complexity index is 1330. The molecule has 1 N–H and O–H groups in total. The highest BCUT2D eigenvalue weighted by molar-refractivity contribution is 6.15. The lowest BCUT2D eigenvalue weighted by Crippen LogP contribution is -2.46. The van der Waals surface area contributed by atoms with Gasteiger partial charge in [-0.25, -0.2) is 4.39 Å². The van der Waals surface area contributed by atoms with E-state index in [0.717, 1.165) is 11.3 Å². The van der Waals surface area contributed by atoms with Gasteiger partial charge >= 0.3 is 0 Å². The molecule has 0 aromatic heterocycles. The van der Waals surface area contributed by atoms with Gasteiger partial charge in [0, 0.05) is 52.5 Å². The van der Waals surface area contributed by atoms with Crippen molar-refractivity contribution in [3.05, 3.63) is 88.4 Å². The summed E-state index contributed by atoms with van der Waals surface area (Å²) in [6, 6.07) is 16.3. The summed E-state index contributed by atoms with van der Waals surface area (Å²) >= 11 is 0. The first-order chi connectivity index (χ1) is 17.3. The average Bonchev–Trinajstić information content (AvgIpc) is 3.19. The average molecular weight is 488 g/mol. The van der Waals surface area contributed by atoms with E-state index in [1.54, 1.807) is 24.3 Å². The highest BCUT2D eigenvalue weighted by Crippen LogP contribution is 2.42. The summed E-state index contributed by atoms with van der Waals surface area (Å²) in [7, 11) is 3.95. The fraction of sp³-hybridized carbons (Fsp3) is 0.276. The number of halogens is 1. The van der Waals surface area contributed by atoms with Gasteiger partial charge in [-0.2, -0.15) is 0 Å². The van der Waals surface area contributed by atoms with Gasteiger partial charge in [-0.05, 0) is 54.5 Å². The van der Waals surface area contributed by atoms with Gasteiger partial charge in [-0.3, -0.25) is 9.69 Å². The Morgan fingerprint density at radius 3 is 2.42 bits per heavy atom. The molecule has 36 heavy (non-hydrogen) atoms.